The number of aromatic nitrogens is 2. The molecule has 0 bridgehead atoms. The lowest BCUT2D eigenvalue weighted by Crippen LogP contribution is -2.28. The first-order valence-corrected chi connectivity index (χ1v) is 4.33. The van der Waals surface area contributed by atoms with Crippen molar-refractivity contribution in [3.8, 4) is 0 Å². The average Bonchev–Trinajstić information content (AvgIpc) is 2.13. The summed E-state index contributed by atoms with van der Waals surface area (Å²) < 4.78 is 0. The van der Waals surface area contributed by atoms with E-state index in [0.29, 0.717) is 6.42 Å². The van der Waals surface area contributed by atoms with Crippen molar-refractivity contribution in [2.75, 3.05) is 5.73 Å². The first-order valence-electron chi connectivity index (χ1n) is 4.33. The van der Waals surface area contributed by atoms with E-state index in [4.69, 9.17) is 5.73 Å². The van der Waals surface area contributed by atoms with E-state index in [9.17, 15) is 14.7 Å². The molecule has 1 heterocycles. The SMILES string of the molecule is CCC(O)Cc1[nH]c(=O)[nH]c(=O)c1N. The monoisotopic (exact) mass is 199 g/mol. The van der Waals surface area contributed by atoms with Crippen molar-refractivity contribution >= 4 is 5.69 Å². The summed E-state index contributed by atoms with van der Waals surface area (Å²) in [7, 11) is 0. The second kappa shape index (κ2) is 4.10. The topological polar surface area (TPSA) is 112 Å². The van der Waals surface area contributed by atoms with E-state index in [1.807, 2.05) is 4.98 Å². The Kier molecular flexibility index (Phi) is 3.08. The van der Waals surface area contributed by atoms with E-state index in [0.717, 1.165) is 0 Å². The molecule has 0 saturated carbocycles. The normalized spacial score (nSPS) is 12.7. The minimum Gasteiger partial charge on any atom is -0.393 e. The van der Waals surface area contributed by atoms with E-state index in [1.165, 1.54) is 0 Å². The highest BCUT2D eigenvalue weighted by molar-refractivity contribution is 5.39. The van der Waals surface area contributed by atoms with Crippen molar-refractivity contribution in [3.05, 3.63) is 26.5 Å². The molecule has 6 nitrogen and oxygen atoms in total. The highest BCUT2D eigenvalue weighted by Gasteiger charge is 2.09. The van der Waals surface area contributed by atoms with Crippen LogP contribution in [0.5, 0.6) is 0 Å². The number of aliphatic hydroxyl groups excluding tert-OH is 1. The van der Waals surface area contributed by atoms with Crippen LogP contribution in [0, 0.1) is 0 Å². The number of anilines is 1. The van der Waals surface area contributed by atoms with Gasteiger partial charge in [0.1, 0.15) is 5.69 Å². The zero-order chi connectivity index (χ0) is 10.7. The second-order valence-electron chi connectivity index (χ2n) is 3.07. The summed E-state index contributed by atoms with van der Waals surface area (Å²) in [5.41, 5.74) is 4.44. The molecule has 0 aromatic carbocycles. The number of nitrogens with one attached hydrogen (secondary N) is 2. The van der Waals surface area contributed by atoms with Crippen LogP contribution in [0.2, 0.25) is 0 Å². The molecule has 14 heavy (non-hydrogen) atoms. The summed E-state index contributed by atoms with van der Waals surface area (Å²) >= 11 is 0. The molecular formula is C8H13N3O3. The Balaban J connectivity index is 3.09. The van der Waals surface area contributed by atoms with E-state index in [1.54, 1.807) is 6.92 Å². The molecule has 0 aliphatic heterocycles. The van der Waals surface area contributed by atoms with Gasteiger partial charge < -0.3 is 15.8 Å². The standard InChI is InChI=1S/C8H13N3O3/c1-2-4(12)3-5-6(9)7(13)11-8(14)10-5/h4,12H,2-3,9H2,1H3,(H2,10,11,13,14). The Morgan fingerprint density at radius 2 is 2.07 bits per heavy atom. The van der Waals surface area contributed by atoms with Crippen LogP contribution in [-0.2, 0) is 6.42 Å². The van der Waals surface area contributed by atoms with Gasteiger partial charge in [-0.15, -0.1) is 0 Å². The number of nitrogens with two attached hydrogens (primary N) is 1. The van der Waals surface area contributed by atoms with Gasteiger partial charge in [-0.25, -0.2) is 4.79 Å². The van der Waals surface area contributed by atoms with Crippen LogP contribution in [0.25, 0.3) is 0 Å². The van der Waals surface area contributed by atoms with E-state index < -0.39 is 17.4 Å². The largest absolute Gasteiger partial charge is 0.393 e. The van der Waals surface area contributed by atoms with Crippen LogP contribution in [0.4, 0.5) is 5.69 Å². The molecular weight excluding hydrogens is 186 g/mol. The van der Waals surface area contributed by atoms with Gasteiger partial charge in [0.2, 0.25) is 0 Å². The minimum absolute atomic E-state index is 0.0444. The Bertz CT molecular complexity index is 421. The predicted octanol–water partition coefficient (Wildman–Crippen LogP) is -1.04. The fraction of sp³-hybridized carbons (Fsp3) is 0.500. The number of H-pyrrole nitrogens is 2. The quantitative estimate of drug-likeness (QED) is 0.498. The number of rotatable bonds is 3. The van der Waals surface area contributed by atoms with Crippen LogP contribution in [-0.4, -0.2) is 21.2 Å². The summed E-state index contributed by atoms with van der Waals surface area (Å²) in [6.45, 7) is 1.80. The summed E-state index contributed by atoms with van der Waals surface area (Å²) in [6, 6.07) is 0. The van der Waals surface area contributed by atoms with Gasteiger partial charge in [0.25, 0.3) is 5.56 Å². The fourth-order valence-electron chi connectivity index (χ4n) is 1.08. The van der Waals surface area contributed by atoms with Gasteiger partial charge in [-0.2, -0.15) is 0 Å². The molecule has 1 rings (SSSR count). The molecule has 0 fully saturated rings. The third-order valence-electron chi connectivity index (χ3n) is 1.97. The van der Waals surface area contributed by atoms with Crippen LogP contribution in [0.15, 0.2) is 9.59 Å². The van der Waals surface area contributed by atoms with Gasteiger partial charge in [-0.1, -0.05) is 6.92 Å². The van der Waals surface area contributed by atoms with Crippen LogP contribution in [0.1, 0.15) is 19.0 Å². The number of aliphatic hydroxyl groups is 1. The number of nitrogen functional groups attached to an aromatic ring is 1. The van der Waals surface area contributed by atoms with Crippen molar-refractivity contribution in [2.24, 2.45) is 0 Å². The van der Waals surface area contributed by atoms with Crippen LogP contribution >= 0.6 is 0 Å². The summed E-state index contributed by atoms with van der Waals surface area (Å²) in [5.74, 6) is 0. The highest BCUT2D eigenvalue weighted by atomic mass is 16.3. The van der Waals surface area contributed by atoms with Gasteiger partial charge in [0, 0.05) is 6.42 Å². The van der Waals surface area contributed by atoms with Crippen molar-refractivity contribution < 1.29 is 5.11 Å². The van der Waals surface area contributed by atoms with E-state index in [2.05, 4.69) is 4.98 Å². The summed E-state index contributed by atoms with van der Waals surface area (Å²) in [6.07, 6.45) is 0.116. The number of aromatic amines is 2. The van der Waals surface area contributed by atoms with Gasteiger partial charge in [0.05, 0.1) is 11.8 Å². The zero-order valence-corrected chi connectivity index (χ0v) is 7.83. The molecule has 1 aromatic rings. The molecule has 5 N–H and O–H groups in total. The molecule has 1 aromatic heterocycles. The maximum atomic E-state index is 11.0. The smallest absolute Gasteiger partial charge is 0.326 e. The Morgan fingerprint density at radius 3 is 2.64 bits per heavy atom. The molecule has 6 heteroatoms. The molecule has 0 radical (unpaired) electrons. The van der Waals surface area contributed by atoms with Crippen molar-refractivity contribution in [1.29, 1.82) is 0 Å². The lowest BCUT2D eigenvalue weighted by molar-refractivity contribution is 0.169. The lowest BCUT2D eigenvalue weighted by atomic mass is 10.1. The lowest BCUT2D eigenvalue weighted by Gasteiger charge is -2.08. The summed E-state index contributed by atoms with van der Waals surface area (Å²) in [4.78, 5) is 26.3. The fourth-order valence-corrected chi connectivity index (χ4v) is 1.08. The molecule has 0 saturated heterocycles. The van der Waals surface area contributed by atoms with Crippen LogP contribution < -0.4 is 17.0 Å². The van der Waals surface area contributed by atoms with Gasteiger partial charge in [0.15, 0.2) is 0 Å². The molecule has 1 atom stereocenters. The molecule has 0 aliphatic rings. The molecule has 0 spiro atoms. The van der Waals surface area contributed by atoms with Gasteiger partial charge in [-0.05, 0) is 6.42 Å². The molecule has 0 aliphatic carbocycles. The Morgan fingerprint density at radius 1 is 1.43 bits per heavy atom. The van der Waals surface area contributed by atoms with Gasteiger partial charge >= 0.3 is 5.69 Å². The number of hydrogen-bond acceptors (Lipinski definition) is 4. The predicted molar refractivity (Wildman–Crippen MR) is 52.1 cm³/mol. The Hall–Kier alpha value is -1.56. The summed E-state index contributed by atoms with van der Waals surface area (Å²) in [5, 5.41) is 9.33. The van der Waals surface area contributed by atoms with E-state index >= 15 is 0 Å². The average molecular weight is 199 g/mol. The van der Waals surface area contributed by atoms with Gasteiger partial charge in [-0.3, -0.25) is 9.78 Å². The van der Waals surface area contributed by atoms with Crippen molar-refractivity contribution in [3.63, 3.8) is 0 Å². The third kappa shape index (κ3) is 2.23. The van der Waals surface area contributed by atoms with Crippen LogP contribution in [0.3, 0.4) is 0 Å². The van der Waals surface area contributed by atoms with E-state index in [-0.39, 0.29) is 17.8 Å². The molecule has 1 unspecified atom stereocenters. The Labute approximate surface area is 79.8 Å². The number of hydrogen-bond donors (Lipinski definition) is 4. The van der Waals surface area contributed by atoms with Crippen molar-refractivity contribution in [2.45, 2.75) is 25.9 Å². The first-order chi connectivity index (χ1) is 6.54. The highest BCUT2D eigenvalue weighted by Crippen LogP contribution is 2.04. The second-order valence-corrected chi connectivity index (χ2v) is 3.07. The maximum absolute atomic E-state index is 11.0. The molecule has 0 amide bonds. The third-order valence-corrected chi connectivity index (χ3v) is 1.97. The molecule has 78 valence electrons. The zero-order valence-electron chi connectivity index (χ0n) is 7.83. The minimum atomic E-state index is -0.618. The van der Waals surface area contributed by atoms with Crippen molar-refractivity contribution in [1.82, 2.24) is 9.97 Å². The first kappa shape index (κ1) is 10.5. The maximum Gasteiger partial charge on any atom is 0.326 e.